The number of nitrogens with zero attached hydrogens (tertiary/aromatic N) is 1. The quantitative estimate of drug-likeness (QED) is 0.886. The van der Waals surface area contributed by atoms with Gasteiger partial charge in [-0.05, 0) is 35.9 Å². The molecule has 7 heteroatoms. The minimum atomic E-state index is -0.709. The van der Waals surface area contributed by atoms with E-state index in [4.69, 9.17) is 32.8 Å². The summed E-state index contributed by atoms with van der Waals surface area (Å²) in [5.41, 5.74) is 2.05. The third-order valence-electron chi connectivity index (χ3n) is 3.56. The molecule has 0 fully saturated rings. The van der Waals surface area contributed by atoms with Gasteiger partial charge in [-0.15, -0.1) is 0 Å². The van der Waals surface area contributed by atoms with Gasteiger partial charge in [0.25, 0.3) is 5.91 Å². The number of benzene rings is 2. The number of carbonyl (C=O) groups excluding carboxylic acids is 1. The molecular formula is C17H14Cl2N2O3. The molecule has 124 valence electrons. The number of amides is 1. The van der Waals surface area contributed by atoms with Crippen LogP contribution < -0.4 is 10.1 Å². The fraction of sp³-hybridized carbons (Fsp3) is 0.176. The normalized spacial score (nSPS) is 16.3. The highest BCUT2D eigenvalue weighted by molar-refractivity contribution is 6.31. The van der Waals surface area contributed by atoms with Gasteiger partial charge < -0.3 is 14.9 Å². The Balaban J connectivity index is 1.68. The number of halogens is 2. The molecule has 0 unspecified atom stereocenters. The zero-order valence-corrected chi connectivity index (χ0v) is 14.3. The second kappa shape index (κ2) is 7.11. The fourth-order valence-corrected chi connectivity index (χ4v) is 2.62. The lowest BCUT2D eigenvalue weighted by atomic mass is 10.0. The maximum Gasteiger partial charge on any atom is 0.268 e. The van der Waals surface area contributed by atoms with Gasteiger partial charge in [0, 0.05) is 16.5 Å². The Bertz CT molecular complexity index is 791. The average molecular weight is 365 g/mol. The molecule has 1 heterocycles. The molecule has 5 nitrogen and oxygen atoms in total. The van der Waals surface area contributed by atoms with Crippen LogP contribution in [0.2, 0.25) is 10.0 Å². The van der Waals surface area contributed by atoms with Gasteiger partial charge in [-0.3, -0.25) is 4.79 Å². The summed E-state index contributed by atoms with van der Waals surface area (Å²) in [5, 5.41) is 7.89. The van der Waals surface area contributed by atoms with E-state index in [1.807, 2.05) is 12.1 Å². The van der Waals surface area contributed by atoms with E-state index in [2.05, 4.69) is 10.5 Å². The molecular weight excluding hydrogens is 351 g/mol. The van der Waals surface area contributed by atoms with E-state index in [0.717, 1.165) is 5.56 Å². The minimum Gasteiger partial charge on any atom is -0.495 e. The van der Waals surface area contributed by atoms with Crippen LogP contribution in [-0.2, 0) is 9.63 Å². The van der Waals surface area contributed by atoms with Crippen LogP contribution in [0.3, 0.4) is 0 Å². The molecule has 1 aliphatic rings. The number of rotatable bonds is 4. The second-order valence-corrected chi connectivity index (χ2v) is 6.05. The predicted octanol–water partition coefficient (Wildman–Crippen LogP) is 4.13. The van der Waals surface area contributed by atoms with Crippen LogP contribution in [-0.4, -0.2) is 24.8 Å². The molecule has 1 N–H and O–H groups in total. The number of ether oxygens (including phenoxy) is 1. The molecule has 0 saturated carbocycles. The fourth-order valence-electron chi connectivity index (χ4n) is 2.32. The first-order valence-corrected chi connectivity index (χ1v) is 7.95. The van der Waals surface area contributed by atoms with Crippen LogP contribution in [0.15, 0.2) is 47.6 Å². The summed E-state index contributed by atoms with van der Waals surface area (Å²) in [5.74, 6) is 0.202. The molecule has 1 aliphatic heterocycles. The molecule has 2 aromatic rings. The molecule has 0 saturated heterocycles. The molecule has 3 rings (SSSR count). The summed E-state index contributed by atoms with van der Waals surface area (Å²) in [6.07, 6.45) is -0.338. The molecule has 0 aromatic heterocycles. The van der Waals surface area contributed by atoms with Crippen LogP contribution in [0, 0.1) is 0 Å². The lowest BCUT2D eigenvalue weighted by Gasteiger charge is -2.13. The minimum absolute atomic E-state index is 0.316. The van der Waals surface area contributed by atoms with Gasteiger partial charge in [-0.2, -0.15) is 0 Å². The van der Waals surface area contributed by atoms with Crippen molar-refractivity contribution < 1.29 is 14.4 Å². The second-order valence-electron chi connectivity index (χ2n) is 5.18. The van der Waals surface area contributed by atoms with Crippen LogP contribution in [0.5, 0.6) is 5.75 Å². The van der Waals surface area contributed by atoms with Gasteiger partial charge in [-0.1, -0.05) is 40.5 Å². The van der Waals surface area contributed by atoms with Crippen LogP contribution in [0.1, 0.15) is 12.0 Å². The largest absolute Gasteiger partial charge is 0.495 e. The van der Waals surface area contributed by atoms with Crippen molar-refractivity contribution in [1.29, 1.82) is 0 Å². The lowest BCUT2D eigenvalue weighted by molar-refractivity contribution is -0.125. The zero-order valence-electron chi connectivity index (χ0n) is 12.8. The van der Waals surface area contributed by atoms with Gasteiger partial charge in [0.15, 0.2) is 0 Å². The number of anilines is 1. The maximum absolute atomic E-state index is 12.4. The van der Waals surface area contributed by atoms with Gasteiger partial charge in [0.2, 0.25) is 6.10 Å². The standard InChI is InChI=1S/C17H14Cl2N2O3/c1-23-15-7-6-12(19)8-14(15)20-17(22)16-9-13(21-24-16)10-2-4-11(18)5-3-10/h2-8,16H,9H2,1H3,(H,20,22)/t16-/m1/s1. The zero-order chi connectivity index (χ0) is 17.1. The molecule has 1 atom stereocenters. The van der Waals surface area contributed by atoms with E-state index in [1.165, 1.54) is 7.11 Å². The van der Waals surface area contributed by atoms with E-state index in [0.29, 0.717) is 33.6 Å². The summed E-state index contributed by atoms with van der Waals surface area (Å²) in [6, 6.07) is 12.2. The highest BCUT2D eigenvalue weighted by atomic mass is 35.5. The van der Waals surface area contributed by atoms with E-state index in [-0.39, 0.29) is 5.91 Å². The summed E-state index contributed by atoms with van der Waals surface area (Å²) in [7, 11) is 1.52. The van der Waals surface area contributed by atoms with Crippen molar-refractivity contribution in [2.45, 2.75) is 12.5 Å². The molecule has 2 aromatic carbocycles. The van der Waals surface area contributed by atoms with Crippen molar-refractivity contribution >= 4 is 40.5 Å². The number of nitrogens with one attached hydrogen (secondary N) is 1. The summed E-state index contributed by atoms with van der Waals surface area (Å²) in [4.78, 5) is 17.7. The molecule has 0 radical (unpaired) electrons. The monoisotopic (exact) mass is 364 g/mol. The van der Waals surface area contributed by atoms with Crippen molar-refractivity contribution in [2.75, 3.05) is 12.4 Å². The smallest absolute Gasteiger partial charge is 0.268 e. The number of methoxy groups -OCH3 is 1. The van der Waals surface area contributed by atoms with E-state index >= 15 is 0 Å². The maximum atomic E-state index is 12.4. The van der Waals surface area contributed by atoms with Gasteiger partial charge in [-0.25, -0.2) is 0 Å². The number of hydrogen-bond acceptors (Lipinski definition) is 4. The number of oxime groups is 1. The van der Waals surface area contributed by atoms with Gasteiger partial charge in [0.05, 0.1) is 18.5 Å². The first kappa shape index (κ1) is 16.6. The van der Waals surface area contributed by atoms with E-state index < -0.39 is 6.10 Å². The Morgan fingerprint density at radius 1 is 1.21 bits per heavy atom. The van der Waals surface area contributed by atoms with Crippen LogP contribution >= 0.6 is 23.2 Å². The summed E-state index contributed by atoms with van der Waals surface area (Å²) >= 11 is 11.8. The van der Waals surface area contributed by atoms with Crippen LogP contribution in [0.25, 0.3) is 0 Å². The topological polar surface area (TPSA) is 59.9 Å². The van der Waals surface area contributed by atoms with Gasteiger partial charge in [0.1, 0.15) is 5.75 Å². The van der Waals surface area contributed by atoms with Crippen molar-refractivity contribution in [2.24, 2.45) is 5.16 Å². The molecule has 0 aliphatic carbocycles. The third-order valence-corrected chi connectivity index (χ3v) is 4.05. The van der Waals surface area contributed by atoms with Crippen molar-refractivity contribution in [3.8, 4) is 5.75 Å². The highest BCUT2D eigenvalue weighted by Crippen LogP contribution is 2.28. The molecule has 24 heavy (non-hydrogen) atoms. The Morgan fingerprint density at radius 2 is 1.92 bits per heavy atom. The van der Waals surface area contributed by atoms with Crippen molar-refractivity contribution in [3.05, 3.63) is 58.1 Å². The molecule has 1 amide bonds. The highest BCUT2D eigenvalue weighted by Gasteiger charge is 2.29. The summed E-state index contributed by atoms with van der Waals surface area (Å²) < 4.78 is 5.21. The number of hydrogen-bond donors (Lipinski definition) is 1. The SMILES string of the molecule is COc1ccc(Cl)cc1NC(=O)[C@H]1CC(c2ccc(Cl)cc2)=NO1. The Hall–Kier alpha value is -2.24. The lowest BCUT2D eigenvalue weighted by Crippen LogP contribution is -2.28. The Kier molecular flexibility index (Phi) is 4.92. The molecule has 0 spiro atoms. The van der Waals surface area contributed by atoms with Gasteiger partial charge >= 0.3 is 0 Å². The molecule has 0 bridgehead atoms. The first-order chi connectivity index (χ1) is 11.6. The van der Waals surface area contributed by atoms with E-state index in [1.54, 1.807) is 30.3 Å². The van der Waals surface area contributed by atoms with Crippen LogP contribution in [0.4, 0.5) is 5.69 Å². The van der Waals surface area contributed by atoms with Crippen molar-refractivity contribution in [3.63, 3.8) is 0 Å². The van der Waals surface area contributed by atoms with E-state index in [9.17, 15) is 4.79 Å². The predicted molar refractivity (Wildman–Crippen MR) is 94.1 cm³/mol. The summed E-state index contributed by atoms with van der Waals surface area (Å²) in [6.45, 7) is 0. The Morgan fingerprint density at radius 3 is 2.62 bits per heavy atom. The first-order valence-electron chi connectivity index (χ1n) is 7.20. The third kappa shape index (κ3) is 3.63. The Labute approximate surface area is 149 Å². The van der Waals surface area contributed by atoms with Crippen molar-refractivity contribution in [1.82, 2.24) is 0 Å². The number of carbonyl (C=O) groups is 1. The average Bonchev–Trinajstić information content (AvgIpc) is 3.06.